The van der Waals surface area contributed by atoms with Gasteiger partial charge in [-0.1, -0.05) is 0 Å². The maximum Gasteiger partial charge on any atom is 0.315 e. The number of phenols is 2. The van der Waals surface area contributed by atoms with E-state index in [1.165, 1.54) is 10.8 Å². The van der Waals surface area contributed by atoms with Crippen LogP contribution in [-0.2, 0) is 7.05 Å². The van der Waals surface area contributed by atoms with Crippen LogP contribution in [0.2, 0.25) is 0 Å². The number of rotatable bonds is 3. The van der Waals surface area contributed by atoms with Crippen LogP contribution in [0.15, 0.2) is 24.5 Å². The first-order valence-electron chi connectivity index (χ1n) is 5.14. The second-order valence-corrected chi connectivity index (χ2v) is 3.81. The summed E-state index contributed by atoms with van der Waals surface area (Å²) < 4.78 is 1.44. The Hall–Kier alpha value is -2.90. The van der Waals surface area contributed by atoms with Gasteiger partial charge in [0, 0.05) is 31.1 Å². The Bertz CT molecular complexity index is 677. The monoisotopic (exact) mass is 263 g/mol. The molecule has 1 aromatic carbocycles. The largest absolute Gasteiger partial charge is 0.504 e. The predicted molar refractivity (Wildman–Crippen MR) is 63.1 cm³/mol. The summed E-state index contributed by atoms with van der Waals surface area (Å²) in [6.07, 6.45) is 2.95. The number of phenolic OH excluding ortho intramolecular Hbond substituents is 2. The molecule has 0 saturated heterocycles. The van der Waals surface area contributed by atoms with E-state index < -0.39 is 27.9 Å². The molecule has 0 unspecified atom stereocenters. The number of nitro benzene ring substituents is 1. The summed E-state index contributed by atoms with van der Waals surface area (Å²) in [6, 6.07) is 1.85. The molecule has 1 aromatic heterocycles. The van der Waals surface area contributed by atoms with Gasteiger partial charge in [-0.05, 0) is 6.07 Å². The third-order valence-electron chi connectivity index (χ3n) is 2.55. The van der Waals surface area contributed by atoms with Crippen molar-refractivity contribution in [3.05, 3.63) is 46.0 Å². The fraction of sp³-hybridized carbons (Fsp3) is 0.0909. The van der Waals surface area contributed by atoms with Crippen LogP contribution in [0.3, 0.4) is 0 Å². The van der Waals surface area contributed by atoms with Crippen molar-refractivity contribution in [1.29, 1.82) is 0 Å². The van der Waals surface area contributed by atoms with Crippen molar-refractivity contribution in [2.24, 2.45) is 7.05 Å². The van der Waals surface area contributed by atoms with Crippen LogP contribution in [0, 0.1) is 10.1 Å². The Balaban J connectivity index is 2.55. The lowest BCUT2D eigenvalue weighted by atomic mass is 10.1. The van der Waals surface area contributed by atoms with E-state index >= 15 is 0 Å². The highest BCUT2D eigenvalue weighted by molar-refractivity contribution is 6.07. The molecule has 19 heavy (non-hydrogen) atoms. The van der Waals surface area contributed by atoms with Crippen LogP contribution in [0.1, 0.15) is 16.2 Å². The minimum Gasteiger partial charge on any atom is -0.504 e. The van der Waals surface area contributed by atoms with Gasteiger partial charge in [0.05, 0.1) is 4.92 Å². The summed E-state index contributed by atoms with van der Waals surface area (Å²) in [5.41, 5.74) is -0.867. The third-order valence-corrected chi connectivity index (χ3v) is 2.55. The summed E-state index contributed by atoms with van der Waals surface area (Å²) in [5.74, 6) is -2.13. The number of nitro groups is 1. The van der Waals surface area contributed by atoms with Crippen molar-refractivity contribution < 1.29 is 19.9 Å². The van der Waals surface area contributed by atoms with E-state index in [0.717, 1.165) is 12.1 Å². The van der Waals surface area contributed by atoms with Gasteiger partial charge in [-0.25, -0.2) is 4.98 Å². The number of aromatic hydroxyl groups is 2. The summed E-state index contributed by atoms with van der Waals surface area (Å²) in [7, 11) is 1.59. The number of imidazole rings is 1. The van der Waals surface area contributed by atoms with E-state index in [-0.39, 0.29) is 11.4 Å². The average Bonchev–Trinajstić information content (AvgIpc) is 2.77. The Morgan fingerprint density at radius 3 is 2.63 bits per heavy atom. The van der Waals surface area contributed by atoms with Gasteiger partial charge >= 0.3 is 5.69 Å². The van der Waals surface area contributed by atoms with E-state index in [2.05, 4.69) is 4.98 Å². The van der Waals surface area contributed by atoms with Gasteiger partial charge < -0.3 is 14.8 Å². The fourth-order valence-electron chi connectivity index (χ4n) is 1.59. The first kappa shape index (κ1) is 12.6. The van der Waals surface area contributed by atoms with Crippen molar-refractivity contribution in [2.75, 3.05) is 0 Å². The van der Waals surface area contributed by atoms with Gasteiger partial charge in [-0.15, -0.1) is 0 Å². The summed E-state index contributed by atoms with van der Waals surface area (Å²) in [4.78, 5) is 25.7. The number of nitrogens with zero attached hydrogens (tertiary/aromatic N) is 3. The molecular weight excluding hydrogens is 254 g/mol. The zero-order chi connectivity index (χ0) is 14.2. The number of carbonyl (C=O) groups excluding carboxylic acids is 1. The molecule has 2 aromatic rings. The van der Waals surface area contributed by atoms with Gasteiger partial charge in [0.1, 0.15) is 0 Å². The van der Waals surface area contributed by atoms with Crippen molar-refractivity contribution >= 4 is 11.5 Å². The average molecular weight is 263 g/mol. The molecule has 0 aliphatic rings. The molecule has 0 bridgehead atoms. The fourth-order valence-corrected chi connectivity index (χ4v) is 1.59. The normalized spacial score (nSPS) is 10.4. The lowest BCUT2D eigenvalue weighted by Crippen LogP contribution is -2.09. The molecule has 0 amide bonds. The number of hydrogen-bond donors (Lipinski definition) is 2. The quantitative estimate of drug-likeness (QED) is 0.368. The van der Waals surface area contributed by atoms with Crippen LogP contribution >= 0.6 is 0 Å². The molecule has 0 saturated carbocycles. The van der Waals surface area contributed by atoms with Crippen LogP contribution in [0.4, 0.5) is 5.69 Å². The molecule has 0 spiro atoms. The van der Waals surface area contributed by atoms with Crippen LogP contribution in [-0.4, -0.2) is 30.5 Å². The lowest BCUT2D eigenvalue weighted by molar-refractivity contribution is -0.386. The smallest absolute Gasteiger partial charge is 0.315 e. The first-order chi connectivity index (χ1) is 8.91. The molecule has 98 valence electrons. The number of benzene rings is 1. The molecule has 0 radical (unpaired) electrons. The molecule has 0 aliphatic heterocycles. The molecule has 0 atom stereocenters. The number of aryl methyl sites for hydroxylation is 1. The highest BCUT2D eigenvalue weighted by Crippen LogP contribution is 2.36. The first-order valence-corrected chi connectivity index (χ1v) is 5.14. The number of ketones is 1. The van der Waals surface area contributed by atoms with Crippen molar-refractivity contribution in [3.8, 4) is 11.5 Å². The Morgan fingerprint density at radius 2 is 2.11 bits per heavy atom. The zero-order valence-electron chi connectivity index (χ0n) is 9.77. The van der Waals surface area contributed by atoms with Crippen LogP contribution in [0.5, 0.6) is 11.5 Å². The standard InChI is InChI=1S/C11H9N3O5/c1-13-3-2-12-11(13)9(16)6-4-7(14(18)19)10(17)8(15)5-6/h2-5,15,17H,1H3. The van der Waals surface area contributed by atoms with Crippen molar-refractivity contribution in [3.63, 3.8) is 0 Å². The molecule has 2 rings (SSSR count). The van der Waals surface area contributed by atoms with Crippen LogP contribution in [0.25, 0.3) is 0 Å². The molecule has 2 N–H and O–H groups in total. The van der Waals surface area contributed by atoms with Crippen molar-refractivity contribution in [1.82, 2.24) is 9.55 Å². The molecular formula is C11H9N3O5. The van der Waals surface area contributed by atoms with E-state index in [1.807, 2.05) is 0 Å². The van der Waals surface area contributed by atoms with Gasteiger partial charge in [-0.3, -0.25) is 14.9 Å². The second-order valence-electron chi connectivity index (χ2n) is 3.81. The highest BCUT2D eigenvalue weighted by Gasteiger charge is 2.23. The minimum absolute atomic E-state index is 0.0689. The Kier molecular flexibility index (Phi) is 2.91. The number of aromatic nitrogens is 2. The van der Waals surface area contributed by atoms with Gasteiger partial charge in [0.15, 0.2) is 11.6 Å². The molecule has 8 heteroatoms. The third kappa shape index (κ3) is 2.10. The minimum atomic E-state index is -0.885. The topological polar surface area (TPSA) is 118 Å². The Labute approximate surface area is 106 Å². The predicted octanol–water partition coefficient (Wildman–Crippen LogP) is 0.970. The van der Waals surface area contributed by atoms with Crippen molar-refractivity contribution in [2.45, 2.75) is 0 Å². The SMILES string of the molecule is Cn1ccnc1C(=O)c1cc(O)c(O)c([N+](=O)[O-])c1. The molecule has 0 fully saturated rings. The highest BCUT2D eigenvalue weighted by atomic mass is 16.6. The maximum absolute atomic E-state index is 12.1. The van der Waals surface area contributed by atoms with Gasteiger partial charge in [-0.2, -0.15) is 0 Å². The Morgan fingerprint density at radius 1 is 1.42 bits per heavy atom. The van der Waals surface area contributed by atoms with Crippen LogP contribution < -0.4 is 0 Å². The van der Waals surface area contributed by atoms with Gasteiger partial charge in [0.25, 0.3) is 0 Å². The number of hydrogen-bond acceptors (Lipinski definition) is 6. The van der Waals surface area contributed by atoms with E-state index in [0.29, 0.717) is 0 Å². The summed E-state index contributed by atoms with van der Waals surface area (Å²) in [5, 5.41) is 29.5. The van der Waals surface area contributed by atoms with E-state index in [4.69, 9.17) is 0 Å². The summed E-state index contributed by atoms with van der Waals surface area (Å²) >= 11 is 0. The molecule has 8 nitrogen and oxygen atoms in total. The molecule has 0 aliphatic carbocycles. The lowest BCUT2D eigenvalue weighted by Gasteiger charge is -2.04. The maximum atomic E-state index is 12.1. The zero-order valence-corrected chi connectivity index (χ0v) is 9.77. The molecule has 1 heterocycles. The van der Waals surface area contributed by atoms with Gasteiger partial charge in [0.2, 0.25) is 11.5 Å². The van der Waals surface area contributed by atoms with E-state index in [9.17, 15) is 25.1 Å². The second kappa shape index (κ2) is 4.41. The number of carbonyl (C=O) groups is 1. The van der Waals surface area contributed by atoms with E-state index in [1.54, 1.807) is 13.2 Å². The summed E-state index contributed by atoms with van der Waals surface area (Å²) in [6.45, 7) is 0.